The first kappa shape index (κ1) is 30.3. The molecule has 4 rings (SSSR count). The lowest BCUT2D eigenvalue weighted by molar-refractivity contribution is -0.138. The molecule has 2 aliphatic heterocycles. The number of carbonyl (C=O) groups is 1. The van der Waals surface area contributed by atoms with Crippen LogP contribution in [0.2, 0.25) is 0 Å². The molecule has 0 spiro atoms. The average molecular weight is 583 g/mol. The van der Waals surface area contributed by atoms with Gasteiger partial charge in [-0.25, -0.2) is 9.98 Å². The molecule has 2 heterocycles. The second kappa shape index (κ2) is 12.9. The SMILES string of the molecule is C=C/N=C1/C=NC(N2CCN(CC)CC2)=N/C1=C(/N)Nc1cc(C(=O)Nc2ccc(OC)c(C(F)(F)F)c2)ccc1C. The minimum Gasteiger partial charge on any atom is -0.496 e. The van der Waals surface area contributed by atoms with Crippen LogP contribution in [0.15, 0.2) is 75.7 Å². The Balaban J connectivity index is 1.58. The Labute approximate surface area is 242 Å². The maximum atomic E-state index is 13.4. The first-order chi connectivity index (χ1) is 20.0. The van der Waals surface area contributed by atoms with Gasteiger partial charge in [-0.15, -0.1) is 0 Å². The summed E-state index contributed by atoms with van der Waals surface area (Å²) in [5.74, 6) is -0.243. The molecule has 2 aromatic carbocycles. The molecule has 1 fully saturated rings. The zero-order chi connectivity index (χ0) is 30.4. The molecule has 4 N–H and O–H groups in total. The summed E-state index contributed by atoms with van der Waals surface area (Å²) in [6.45, 7) is 11.9. The number of amides is 1. The van der Waals surface area contributed by atoms with Crippen molar-refractivity contribution in [3.05, 3.63) is 77.4 Å². The van der Waals surface area contributed by atoms with E-state index in [2.05, 4.69) is 43.9 Å². The number of nitrogens with one attached hydrogen (secondary N) is 2. The highest BCUT2D eigenvalue weighted by Crippen LogP contribution is 2.37. The third-order valence-corrected chi connectivity index (χ3v) is 6.88. The number of aliphatic imine (C=N–C) groups is 3. The number of guanidine groups is 1. The highest BCUT2D eigenvalue weighted by atomic mass is 19.4. The number of ether oxygens (including phenoxy) is 1. The van der Waals surface area contributed by atoms with Gasteiger partial charge in [0.05, 0.1) is 18.9 Å². The summed E-state index contributed by atoms with van der Waals surface area (Å²) in [4.78, 5) is 30.9. The Bertz CT molecular complexity index is 1470. The van der Waals surface area contributed by atoms with E-state index in [0.29, 0.717) is 23.1 Å². The van der Waals surface area contributed by atoms with Crippen molar-refractivity contribution in [2.75, 3.05) is 50.5 Å². The van der Waals surface area contributed by atoms with Crippen molar-refractivity contribution in [3.8, 4) is 5.75 Å². The molecule has 2 aromatic rings. The minimum absolute atomic E-state index is 0.0294. The summed E-state index contributed by atoms with van der Waals surface area (Å²) in [5, 5.41) is 5.63. The predicted molar refractivity (Wildman–Crippen MR) is 159 cm³/mol. The summed E-state index contributed by atoms with van der Waals surface area (Å²) >= 11 is 0. The molecule has 0 aliphatic carbocycles. The van der Waals surface area contributed by atoms with Gasteiger partial charge in [-0.2, -0.15) is 13.2 Å². The van der Waals surface area contributed by atoms with Crippen LogP contribution in [0, 0.1) is 6.92 Å². The van der Waals surface area contributed by atoms with Crippen LogP contribution in [0.25, 0.3) is 0 Å². The quantitative estimate of drug-likeness (QED) is 0.443. The van der Waals surface area contributed by atoms with Crippen LogP contribution in [0.1, 0.15) is 28.4 Å². The summed E-state index contributed by atoms with van der Waals surface area (Å²) < 4.78 is 45.1. The number of likely N-dealkylation sites (N-methyl/N-ethyl adjacent to an activating group) is 1. The highest BCUT2D eigenvalue weighted by Gasteiger charge is 2.34. The van der Waals surface area contributed by atoms with E-state index in [4.69, 9.17) is 15.5 Å². The number of piperazine rings is 1. The minimum atomic E-state index is -4.65. The summed E-state index contributed by atoms with van der Waals surface area (Å²) in [6.07, 6.45) is -1.70. The zero-order valence-corrected chi connectivity index (χ0v) is 23.6. The zero-order valence-electron chi connectivity index (χ0n) is 23.6. The fourth-order valence-corrected chi connectivity index (χ4v) is 4.49. The predicted octanol–water partition coefficient (Wildman–Crippen LogP) is 4.48. The lowest BCUT2D eigenvalue weighted by Gasteiger charge is -2.35. The van der Waals surface area contributed by atoms with E-state index < -0.39 is 17.6 Å². The Hall–Kier alpha value is -4.65. The van der Waals surface area contributed by atoms with Gasteiger partial charge >= 0.3 is 6.18 Å². The van der Waals surface area contributed by atoms with Crippen LogP contribution in [0.4, 0.5) is 24.5 Å². The fraction of sp³-hybridized carbons (Fsp3) is 0.310. The van der Waals surface area contributed by atoms with Crippen molar-refractivity contribution >= 4 is 35.2 Å². The molecular weight excluding hydrogens is 549 g/mol. The molecule has 0 unspecified atom stereocenters. The van der Waals surface area contributed by atoms with Gasteiger partial charge in [0, 0.05) is 49.3 Å². The number of rotatable bonds is 7. The van der Waals surface area contributed by atoms with Gasteiger partial charge < -0.3 is 30.9 Å². The van der Waals surface area contributed by atoms with Crippen LogP contribution >= 0.6 is 0 Å². The Kier molecular flexibility index (Phi) is 9.31. The van der Waals surface area contributed by atoms with Crippen molar-refractivity contribution in [1.82, 2.24) is 9.80 Å². The number of halogens is 3. The fourth-order valence-electron chi connectivity index (χ4n) is 4.49. The second-order valence-corrected chi connectivity index (χ2v) is 9.57. The van der Waals surface area contributed by atoms with Gasteiger partial charge in [0.25, 0.3) is 5.91 Å². The van der Waals surface area contributed by atoms with E-state index in [0.717, 1.165) is 57.5 Å². The van der Waals surface area contributed by atoms with Crippen LogP contribution < -0.4 is 21.1 Å². The van der Waals surface area contributed by atoms with E-state index in [1.807, 2.05) is 6.92 Å². The molecule has 42 heavy (non-hydrogen) atoms. The number of methoxy groups -OCH3 is 1. The lowest BCUT2D eigenvalue weighted by Crippen LogP contribution is -2.48. The third-order valence-electron chi connectivity index (χ3n) is 6.88. The number of nitrogens with zero attached hydrogens (tertiary/aromatic N) is 5. The number of carbonyl (C=O) groups excluding carboxylic acids is 1. The maximum absolute atomic E-state index is 13.4. The highest BCUT2D eigenvalue weighted by molar-refractivity contribution is 6.41. The number of benzene rings is 2. The van der Waals surface area contributed by atoms with Gasteiger partial charge in [0.2, 0.25) is 5.96 Å². The molecule has 10 nitrogen and oxygen atoms in total. The number of nitrogens with two attached hydrogens (primary N) is 1. The molecule has 222 valence electrons. The third kappa shape index (κ3) is 6.97. The van der Waals surface area contributed by atoms with Crippen molar-refractivity contribution in [3.63, 3.8) is 0 Å². The van der Waals surface area contributed by atoms with Crippen molar-refractivity contribution in [2.45, 2.75) is 20.0 Å². The van der Waals surface area contributed by atoms with E-state index in [9.17, 15) is 18.0 Å². The number of hydrogen-bond donors (Lipinski definition) is 3. The van der Waals surface area contributed by atoms with Gasteiger partial charge in [-0.05, 0) is 49.4 Å². The molecule has 1 saturated heterocycles. The van der Waals surface area contributed by atoms with Crippen LogP contribution in [0.3, 0.4) is 0 Å². The van der Waals surface area contributed by atoms with E-state index in [-0.39, 0.29) is 22.8 Å². The number of aryl methyl sites for hydroxylation is 1. The molecular formula is C29H33F3N8O2. The molecule has 1 amide bonds. The molecule has 0 saturated carbocycles. The lowest BCUT2D eigenvalue weighted by atomic mass is 10.1. The number of anilines is 2. The molecule has 0 aromatic heterocycles. The molecule has 13 heteroatoms. The largest absolute Gasteiger partial charge is 0.496 e. The smallest absolute Gasteiger partial charge is 0.420 e. The summed E-state index contributed by atoms with van der Waals surface area (Å²) in [7, 11) is 1.15. The molecule has 0 atom stereocenters. The van der Waals surface area contributed by atoms with E-state index in [1.165, 1.54) is 12.3 Å². The molecule has 0 bridgehead atoms. The monoisotopic (exact) mass is 582 g/mol. The first-order valence-electron chi connectivity index (χ1n) is 13.3. The molecule has 0 radical (unpaired) electrons. The van der Waals surface area contributed by atoms with Gasteiger partial charge in [0.15, 0.2) is 0 Å². The van der Waals surface area contributed by atoms with Crippen molar-refractivity contribution < 1.29 is 22.7 Å². The Morgan fingerprint density at radius 2 is 1.90 bits per heavy atom. The normalized spacial score (nSPS) is 18.0. The number of alkyl halides is 3. The van der Waals surface area contributed by atoms with Crippen molar-refractivity contribution in [1.29, 1.82) is 0 Å². The first-order valence-corrected chi connectivity index (χ1v) is 13.3. The van der Waals surface area contributed by atoms with E-state index in [1.54, 1.807) is 24.4 Å². The van der Waals surface area contributed by atoms with Gasteiger partial charge in [0.1, 0.15) is 23.0 Å². The number of hydrogen-bond acceptors (Lipinski definition) is 9. The summed E-state index contributed by atoms with van der Waals surface area (Å²) in [5.41, 5.74) is 7.72. The Morgan fingerprint density at radius 3 is 2.55 bits per heavy atom. The standard InChI is InChI=1S/C29H33F3N8O2/c1-5-34-23-17-35-28(40-13-11-39(6-2)12-14-40)38-25(23)26(33)37-22-15-19(8-7-18(22)3)27(41)36-20-9-10-24(42-4)21(16-20)29(30,31)32/h5,7-10,15-17,37H,1,6,11-14,33H2,2-4H3,(H,36,41)/b26-25-,34-23-. The second-order valence-electron chi connectivity index (χ2n) is 9.57. The van der Waals surface area contributed by atoms with Crippen LogP contribution in [-0.4, -0.2) is 73.4 Å². The van der Waals surface area contributed by atoms with Crippen LogP contribution in [-0.2, 0) is 6.18 Å². The van der Waals surface area contributed by atoms with E-state index >= 15 is 0 Å². The van der Waals surface area contributed by atoms with Crippen molar-refractivity contribution in [2.24, 2.45) is 20.7 Å². The summed E-state index contributed by atoms with van der Waals surface area (Å²) in [6, 6.07) is 8.15. The van der Waals surface area contributed by atoms with Gasteiger partial charge in [-0.3, -0.25) is 9.79 Å². The Morgan fingerprint density at radius 1 is 1.17 bits per heavy atom. The maximum Gasteiger partial charge on any atom is 0.420 e. The van der Waals surface area contributed by atoms with Gasteiger partial charge in [-0.1, -0.05) is 19.6 Å². The van der Waals surface area contributed by atoms with Crippen LogP contribution in [0.5, 0.6) is 5.75 Å². The number of allylic oxidation sites excluding steroid dienone is 1. The topological polar surface area (TPSA) is 120 Å². The molecule has 2 aliphatic rings. The average Bonchev–Trinajstić information content (AvgIpc) is 2.98.